The Morgan fingerprint density at radius 2 is 2.24 bits per heavy atom. The van der Waals surface area contributed by atoms with Crippen LogP contribution in [0.25, 0.3) is 0 Å². The molecule has 5 heteroatoms. The molecule has 1 N–H and O–H groups in total. The lowest BCUT2D eigenvalue weighted by molar-refractivity contribution is -0.143. The van der Waals surface area contributed by atoms with E-state index in [1.165, 1.54) is 0 Å². The van der Waals surface area contributed by atoms with Crippen molar-refractivity contribution in [1.29, 1.82) is 0 Å². The normalized spacial score (nSPS) is 17.6. The first-order valence-electron chi connectivity index (χ1n) is 7.55. The molecule has 0 saturated carbocycles. The van der Waals surface area contributed by atoms with Crippen LogP contribution in [-0.4, -0.2) is 31.8 Å². The molecule has 5 nitrogen and oxygen atoms in total. The maximum absolute atomic E-state index is 11.6. The highest BCUT2D eigenvalue weighted by atomic mass is 16.6. The summed E-state index contributed by atoms with van der Waals surface area (Å²) in [5, 5.41) is 3.35. The third-order valence-electron chi connectivity index (χ3n) is 3.25. The van der Waals surface area contributed by atoms with Crippen molar-refractivity contribution >= 4 is 5.97 Å². The minimum atomic E-state index is -0.531. The number of carbonyl (C=O) groups excluding carboxylic acids is 1. The molecule has 0 amide bonds. The molecule has 1 unspecified atom stereocenters. The molecule has 1 fully saturated rings. The summed E-state index contributed by atoms with van der Waals surface area (Å²) in [5.41, 5.74) is 0.995. The van der Waals surface area contributed by atoms with Crippen LogP contribution in [0.15, 0.2) is 18.2 Å². The molecule has 1 aliphatic heterocycles. The molecule has 1 aliphatic rings. The summed E-state index contributed by atoms with van der Waals surface area (Å²) in [7, 11) is 0. The molecule has 1 heterocycles. The van der Waals surface area contributed by atoms with Crippen LogP contribution in [0.4, 0.5) is 0 Å². The number of rotatable bonds is 8. The number of nitrogens with one attached hydrogen (secondary N) is 1. The Kier molecular flexibility index (Phi) is 5.87. The number of carbonyl (C=O) groups is 1. The van der Waals surface area contributed by atoms with Gasteiger partial charge in [0.2, 0.25) is 0 Å². The van der Waals surface area contributed by atoms with Crippen LogP contribution in [0.2, 0.25) is 0 Å². The van der Waals surface area contributed by atoms with E-state index in [-0.39, 0.29) is 5.97 Å². The largest absolute Gasteiger partial charge is 0.490 e. The van der Waals surface area contributed by atoms with E-state index in [2.05, 4.69) is 12.2 Å². The van der Waals surface area contributed by atoms with Gasteiger partial charge in [0.15, 0.2) is 17.6 Å². The van der Waals surface area contributed by atoms with Gasteiger partial charge < -0.3 is 19.5 Å². The molecule has 0 radical (unpaired) electrons. The van der Waals surface area contributed by atoms with Crippen LogP contribution in [-0.2, 0) is 16.1 Å². The Hall–Kier alpha value is -1.75. The molecular weight excluding hydrogens is 270 g/mol. The molecule has 116 valence electrons. The number of benzene rings is 1. The third-order valence-corrected chi connectivity index (χ3v) is 3.25. The molecule has 0 aliphatic carbocycles. The van der Waals surface area contributed by atoms with Crippen LogP contribution in [0.5, 0.6) is 11.5 Å². The summed E-state index contributed by atoms with van der Waals surface area (Å²) in [5.74, 6) is 1.02. The van der Waals surface area contributed by atoms with Crippen LogP contribution in [0, 0.1) is 0 Å². The Morgan fingerprint density at radius 1 is 1.38 bits per heavy atom. The highest BCUT2D eigenvalue weighted by molar-refractivity contribution is 5.77. The van der Waals surface area contributed by atoms with E-state index in [0.29, 0.717) is 37.7 Å². The van der Waals surface area contributed by atoms with Crippen molar-refractivity contribution in [1.82, 2.24) is 5.32 Å². The minimum Gasteiger partial charge on any atom is -0.490 e. The van der Waals surface area contributed by atoms with E-state index in [1.807, 2.05) is 25.1 Å². The first-order valence-corrected chi connectivity index (χ1v) is 7.55. The van der Waals surface area contributed by atoms with E-state index < -0.39 is 6.10 Å². The molecule has 0 bridgehead atoms. The number of hydrogen-bond donors (Lipinski definition) is 1. The van der Waals surface area contributed by atoms with Gasteiger partial charge in [0.1, 0.15) is 0 Å². The van der Waals surface area contributed by atoms with E-state index in [1.54, 1.807) is 0 Å². The molecule has 0 spiro atoms. The van der Waals surface area contributed by atoms with Gasteiger partial charge in [-0.3, -0.25) is 0 Å². The highest BCUT2D eigenvalue weighted by Crippen LogP contribution is 2.33. The van der Waals surface area contributed by atoms with Gasteiger partial charge in [0.05, 0.1) is 13.2 Å². The summed E-state index contributed by atoms with van der Waals surface area (Å²) in [6.45, 7) is 6.64. The molecule has 21 heavy (non-hydrogen) atoms. The van der Waals surface area contributed by atoms with Crippen molar-refractivity contribution in [2.24, 2.45) is 0 Å². The lowest BCUT2D eigenvalue weighted by Crippen LogP contribution is -2.23. The van der Waals surface area contributed by atoms with Crippen molar-refractivity contribution < 1.29 is 19.0 Å². The second kappa shape index (κ2) is 7.88. The van der Waals surface area contributed by atoms with Crippen LogP contribution in [0.3, 0.4) is 0 Å². The summed E-state index contributed by atoms with van der Waals surface area (Å²) in [4.78, 5) is 11.6. The standard InChI is InChI=1S/C16H23NO4/c1-3-9-17-11-12-6-5-7-13(19-4-2)15(12)21-14-8-10-20-16(14)18/h5-7,14,17H,3-4,8-11H2,1-2H3. The van der Waals surface area contributed by atoms with Crippen LogP contribution < -0.4 is 14.8 Å². The average Bonchev–Trinajstić information content (AvgIpc) is 2.88. The van der Waals surface area contributed by atoms with Gasteiger partial charge in [-0.05, 0) is 26.0 Å². The monoisotopic (exact) mass is 293 g/mol. The van der Waals surface area contributed by atoms with Gasteiger partial charge in [-0.1, -0.05) is 19.1 Å². The van der Waals surface area contributed by atoms with E-state index in [4.69, 9.17) is 14.2 Å². The summed E-state index contributed by atoms with van der Waals surface area (Å²) < 4.78 is 16.5. The molecule has 2 rings (SSSR count). The molecule has 1 aromatic rings. The molecule has 1 saturated heterocycles. The fraction of sp³-hybridized carbons (Fsp3) is 0.562. The minimum absolute atomic E-state index is 0.297. The average molecular weight is 293 g/mol. The van der Waals surface area contributed by atoms with Crippen molar-refractivity contribution in [2.45, 2.75) is 39.3 Å². The Balaban J connectivity index is 2.18. The van der Waals surface area contributed by atoms with Gasteiger partial charge in [0, 0.05) is 18.5 Å². The van der Waals surface area contributed by atoms with Gasteiger partial charge >= 0.3 is 5.97 Å². The molecule has 1 atom stereocenters. The summed E-state index contributed by atoms with van der Waals surface area (Å²) >= 11 is 0. The van der Waals surface area contributed by atoms with E-state index in [0.717, 1.165) is 18.5 Å². The van der Waals surface area contributed by atoms with Gasteiger partial charge in [-0.25, -0.2) is 4.79 Å². The van der Waals surface area contributed by atoms with Crippen LogP contribution in [0.1, 0.15) is 32.3 Å². The maximum atomic E-state index is 11.6. The van der Waals surface area contributed by atoms with Crippen LogP contribution >= 0.6 is 0 Å². The zero-order valence-corrected chi connectivity index (χ0v) is 12.7. The molecule has 1 aromatic carbocycles. The quantitative estimate of drug-likeness (QED) is 0.588. The van der Waals surface area contributed by atoms with Crippen molar-refractivity contribution in [3.05, 3.63) is 23.8 Å². The molecular formula is C16H23NO4. The SMILES string of the molecule is CCCNCc1cccc(OCC)c1OC1CCOC1=O. The van der Waals surface area contributed by atoms with E-state index >= 15 is 0 Å². The Bertz CT molecular complexity index is 475. The third kappa shape index (κ3) is 4.11. The van der Waals surface area contributed by atoms with Gasteiger partial charge in [-0.2, -0.15) is 0 Å². The number of ether oxygens (including phenoxy) is 3. The number of para-hydroxylation sites is 1. The predicted octanol–water partition coefficient (Wildman–Crippen LogP) is 2.28. The maximum Gasteiger partial charge on any atom is 0.347 e. The Morgan fingerprint density at radius 3 is 2.90 bits per heavy atom. The number of hydrogen-bond acceptors (Lipinski definition) is 5. The summed E-state index contributed by atoms with van der Waals surface area (Å²) in [6, 6.07) is 5.79. The second-order valence-electron chi connectivity index (χ2n) is 4.92. The number of cyclic esters (lactones) is 1. The van der Waals surface area contributed by atoms with E-state index in [9.17, 15) is 4.79 Å². The summed E-state index contributed by atoms with van der Waals surface area (Å²) in [6.07, 6.45) is 1.12. The lowest BCUT2D eigenvalue weighted by Gasteiger charge is -2.18. The number of esters is 1. The zero-order chi connectivity index (χ0) is 15.1. The van der Waals surface area contributed by atoms with Crippen molar-refractivity contribution in [3.63, 3.8) is 0 Å². The van der Waals surface area contributed by atoms with Crippen molar-refractivity contribution in [3.8, 4) is 11.5 Å². The fourth-order valence-corrected chi connectivity index (χ4v) is 2.23. The lowest BCUT2D eigenvalue weighted by atomic mass is 10.1. The topological polar surface area (TPSA) is 56.8 Å². The van der Waals surface area contributed by atoms with Crippen molar-refractivity contribution in [2.75, 3.05) is 19.8 Å². The van der Waals surface area contributed by atoms with Gasteiger partial charge in [-0.15, -0.1) is 0 Å². The zero-order valence-electron chi connectivity index (χ0n) is 12.7. The second-order valence-corrected chi connectivity index (χ2v) is 4.92. The Labute approximate surface area is 125 Å². The highest BCUT2D eigenvalue weighted by Gasteiger charge is 2.30. The first-order chi connectivity index (χ1) is 10.3. The first kappa shape index (κ1) is 15.6. The molecule has 0 aromatic heterocycles. The fourth-order valence-electron chi connectivity index (χ4n) is 2.23. The predicted molar refractivity (Wildman–Crippen MR) is 79.6 cm³/mol. The van der Waals surface area contributed by atoms with Gasteiger partial charge in [0.25, 0.3) is 0 Å². The smallest absolute Gasteiger partial charge is 0.347 e.